The summed E-state index contributed by atoms with van der Waals surface area (Å²) in [7, 11) is 0. The van der Waals surface area contributed by atoms with Crippen molar-refractivity contribution >= 4 is 0 Å². The van der Waals surface area contributed by atoms with Gasteiger partial charge in [-0.05, 0) is 73.9 Å². The Morgan fingerprint density at radius 1 is 1.03 bits per heavy atom. The van der Waals surface area contributed by atoms with Crippen LogP contribution in [0, 0.1) is 29.4 Å². The van der Waals surface area contributed by atoms with E-state index in [-0.39, 0.29) is 22.6 Å². The summed E-state index contributed by atoms with van der Waals surface area (Å²) < 4.78 is 29.1. The molecule has 1 aromatic carbocycles. The van der Waals surface area contributed by atoms with Crippen molar-refractivity contribution in [1.82, 2.24) is 30.4 Å². The van der Waals surface area contributed by atoms with E-state index in [0.717, 1.165) is 29.8 Å². The number of pyridine rings is 1. The number of aromatic amines is 1. The highest BCUT2D eigenvalue weighted by Gasteiger charge is 2.65. The minimum absolute atomic E-state index is 0.150. The first-order valence-corrected chi connectivity index (χ1v) is 12.3. The van der Waals surface area contributed by atoms with Crippen LogP contribution in [0.3, 0.4) is 0 Å². The molecule has 3 heterocycles. The Morgan fingerprint density at radius 2 is 1.76 bits per heavy atom. The molecule has 0 spiro atoms. The summed E-state index contributed by atoms with van der Waals surface area (Å²) in [6.45, 7) is 8.22. The van der Waals surface area contributed by atoms with Gasteiger partial charge < -0.3 is 0 Å². The van der Waals surface area contributed by atoms with Crippen LogP contribution in [0.5, 0.6) is 0 Å². The summed E-state index contributed by atoms with van der Waals surface area (Å²) in [5.41, 5.74) is 2.03. The molecule has 0 amide bonds. The lowest BCUT2D eigenvalue weighted by molar-refractivity contribution is 0.243. The number of halogens is 2. The average Bonchev–Trinajstić information content (AvgIpc) is 3.53. The van der Waals surface area contributed by atoms with E-state index in [2.05, 4.69) is 45.1 Å². The Kier molecular flexibility index (Phi) is 4.91. The van der Waals surface area contributed by atoms with E-state index in [1.807, 2.05) is 38.1 Å². The van der Waals surface area contributed by atoms with Gasteiger partial charge in [-0.15, -0.1) is 11.5 Å². The summed E-state index contributed by atoms with van der Waals surface area (Å²) in [5.74, 6) is 2.65. The number of H-pyrrole nitrogens is 1. The fourth-order valence-electron chi connectivity index (χ4n) is 6.28. The van der Waals surface area contributed by atoms with Crippen LogP contribution in [0.1, 0.15) is 69.2 Å². The lowest BCUT2D eigenvalue weighted by atomic mass is 9.66. The van der Waals surface area contributed by atoms with Gasteiger partial charge in [-0.1, -0.05) is 31.9 Å². The molecule has 1 fully saturated rings. The number of nitrogens with one attached hydrogen (secondary N) is 1. The fourth-order valence-corrected chi connectivity index (χ4v) is 6.28. The lowest BCUT2D eigenvalue weighted by Gasteiger charge is -2.37. The Balaban J connectivity index is 1.47. The highest BCUT2D eigenvalue weighted by atomic mass is 19.1. The van der Waals surface area contributed by atoms with Gasteiger partial charge in [-0.3, -0.25) is 5.10 Å². The quantitative estimate of drug-likeness (QED) is 0.366. The van der Waals surface area contributed by atoms with Crippen LogP contribution in [0.25, 0.3) is 22.8 Å². The maximum atomic E-state index is 14.5. The van der Waals surface area contributed by atoms with Crippen molar-refractivity contribution in [2.45, 2.75) is 57.3 Å². The number of nitrogens with zero attached hydrogens (tertiary/aromatic N) is 5. The summed E-state index contributed by atoms with van der Waals surface area (Å²) >= 11 is 0. The molecular weight excluding hydrogens is 470 g/mol. The second-order valence-corrected chi connectivity index (χ2v) is 11.0. The number of terminal acetylenes is 1. The molecule has 4 aromatic rings. The van der Waals surface area contributed by atoms with Gasteiger partial charge in [-0.2, -0.15) is 10.2 Å². The average molecular weight is 497 g/mol. The largest absolute Gasteiger partial charge is 0.261 e. The maximum Gasteiger partial charge on any atom is 0.199 e. The zero-order chi connectivity index (χ0) is 26.2. The summed E-state index contributed by atoms with van der Waals surface area (Å²) in [4.78, 5) is 9.66. The highest BCUT2D eigenvalue weighted by molar-refractivity contribution is 5.64. The van der Waals surface area contributed by atoms with Crippen molar-refractivity contribution in [1.29, 1.82) is 0 Å². The van der Waals surface area contributed by atoms with E-state index in [4.69, 9.17) is 11.4 Å². The number of benzene rings is 1. The number of rotatable bonds is 4. The molecule has 0 saturated heterocycles. The Labute approximate surface area is 214 Å². The summed E-state index contributed by atoms with van der Waals surface area (Å²) in [5, 5.41) is 16.3. The fraction of sp³-hybridized carbons (Fsp3) is 0.345. The first-order valence-electron chi connectivity index (χ1n) is 12.3. The molecule has 1 saturated carbocycles. The van der Waals surface area contributed by atoms with Gasteiger partial charge in [0.1, 0.15) is 23.2 Å². The Morgan fingerprint density at radius 3 is 2.49 bits per heavy atom. The van der Waals surface area contributed by atoms with Gasteiger partial charge in [-0.25, -0.2) is 18.7 Å². The number of fused-ring (bicyclic) bond motifs is 5. The first kappa shape index (κ1) is 23.4. The molecule has 0 unspecified atom stereocenters. The molecule has 1 N–H and O–H groups in total. The van der Waals surface area contributed by atoms with Crippen LogP contribution in [0.4, 0.5) is 8.78 Å². The standard InChI is InChI=1S/C29H26F2N6/c1-6-27(2,3)26-33-25(36-37-26)20-11-8-12-22(32-20)29-14-13-17(28(29,4)5)16-15-21(34-35-24(16)29)23-18(30)9-7-10-19(23)31/h1,7-12,15,17H,13-14H2,2-5H3,(H,33,36,37)/t17-,29-/m0/s1. The van der Waals surface area contributed by atoms with E-state index in [9.17, 15) is 8.78 Å². The van der Waals surface area contributed by atoms with Crippen LogP contribution in [-0.4, -0.2) is 30.4 Å². The van der Waals surface area contributed by atoms with Crippen molar-refractivity contribution in [3.05, 3.63) is 76.9 Å². The molecule has 6 rings (SSSR count). The van der Waals surface area contributed by atoms with Crippen molar-refractivity contribution in [2.24, 2.45) is 5.41 Å². The van der Waals surface area contributed by atoms with Gasteiger partial charge in [0.05, 0.1) is 33.5 Å². The maximum absolute atomic E-state index is 14.5. The molecular formula is C29H26F2N6. The smallest absolute Gasteiger partial charge is 0.199 e. The number of hydrogen-bond donors (Lipinski definition) is 1. The molecule has 2 aliphatic carbocycles. The van der Waals surface area contributed by atoms with Gasteiger partial charge >= 0.3 is 0 Å². The third-order valence-electron chi connectivity index (χ3n) is 8.45. The van der Waals surface area contributed by atoms with Gasteiger partial charge in [0.15, 0.2) is 5.82 Å². The molecule has 2 bridgehead atoms. The first-order chi connectivity index (χ1) is 17.6. The molecule has 6 nitrogen and oxygen atoms in total. The molecule has 3 aromatic heterocycles. The molecule has 8 heteroatoms. The predicted molar refractivity (Wildman–Crippen MR) is 135 cm³/mol. The monoisotopic (exact) mass is 496 g/mol. The normalized spacial score (nSPS) is 21.6. The van der Waals surface area contributed by atoms with E-state index in [1.165, 1.54) is 18.2 Å². The molecule has 0 radical (unpaired) electrons. The van der Waals surface area contributed by atoms with E-state index in [1.54, 1.807) is 0 Å². The Hall–Kier alpha value is -3.99. The van der Waals surface area contributed by atoms with Crippen molar-refractivity contribution in [2.75, 3.05) is 0 Å². The number of hydrogen-bond acceptors (Lipinski definition) is 5. The summed E-state index contributed by atoms with van der Waals surface area (Å²) in [6, 6.07) is 11.5. The zero-order valence-corrected chi connectivity index (χ0v) is 21.1. The van der Waals surface area contributed by atoms with Gasteiger partial charge in [0.25, 0.3) is 0 Å². The van der Waals surface area contributed by atoms with Gasteiger partial charge in [0, 0.05) is 0 Å². The van der Waals surface area contributed by atoms with Crippen molar-refractivity contribution in [3.63, 3.8) is 0 Å². The molecule has 186 valence electrons. The molecule has 37 heavy (non-hydrogen) atoms. The minimum Gasteiger partial charge on any atom is -0.261 e. The second kappa shape index (κ2) is 7.75. The third kappa shape index (κ3) is 3.13. The van der Waals surface area contributed by atoms with E-state index < -0.39 is 22.5 Å². The zero-order valence-electron chi connectivity index (χ0n) is 21.1. The van der Waals surface area contributed by atoms with Crippen molar-refractivity contribution < 1.29 is 8.78 Å². The number of aromatic nitrogens is 6. The minimum atomic E-state index is -0.653. The van der Waals surface area contributed by atoms with Crippen LogP contribution in [-0.2, 0) is 10.8 Å². The van der Waals surface area contributed by atoms with Crippen LogP contribution in [0.15, 0.2) is 42.5 Å². The molecule has 0 aliphatic heterocycles. The summed E-state index contributed by atoms with van der Waals surface area (Å²) in [6.07, 6.45) is 7.43. The predicted octanol–water partition coefficient (Wildman–Crippen LogP) is 5.72. The van der Waals surface area contributed by atoms with Crippen LogP contribution < -0.4 is 0 Å². The second-order valence-electron chi connectivity index (χ2n) is 11.0. The molecule has 2 aliphatic rings. The molecule has 2 atom stereocenters. The Bertz CT molecular complexity index is 1580. The lowest BCUT2D eigenvalue weighted by Crippen LogP contribution is -2.37. The third-order valence-corrected chi connectivity index (χ3v) is 8.45. The van der Waals surface area contributed by atoms with Crippen molar-refractivity contribution in [3.8, 4) is 35.1 Å². The van der Waals surface area contributed by atoms with Gasteiger partial charge in [0.2, 0.25) is 0 Å². The highest BCUT2D eigenvalue weighted by Crippen LogP contribution is 2.69. The van der Waals surface area contributed by atoms with E-state index >= 15 is 0 Å². The topological polar surface area (TPSA) is 80.2 Å². The SMILES string of the molecule is C#CC(C)(C)c1nc(-c2cccc([C@@]34CC[C@@H](c5cc(-c6c(F)cccc6F)nnc53)C4(C)C)n2)n[nH]1. The van der Waals surface area contributed by atoms with Crippen LogP contribution in [0.2, 0.25) is 0 Å². The van der Waals surface area contributed by atoms with Crippen LogP contribution >= 0.6 is 0 Å². The van der Waals surface area contributed by atoms with E-state index in [0.29, 0.717) is 17.3 Å².